The molecule has 0 radical (unpaired) electrons. The van der Waals surface area contributed by atoms with E-state index < -0.39 is 0 Å². The van der Waals surface area contributed by atoms with Crippen LogP contribution >= 0.6 is 11.3 Å². The highest BCUT2D eigenvalue weighted by atomic mass is 32.1. The zero-order valence-corrected chi connectivity index (χ0v) is 25.4. The minimum absolute atomic E-state index is 0.0641. The first kappa shape index (κ1) is 28.1. The number of piperazine rings is 2. The van der Waals surface area contributed by atoms with E-state index in [0.717, 1.165) is 86.5 Å². The fraction of sp³-hybridized carbons (Fsp3) is 0.600. The molecule has 5 heterocycles. The number of fused-ring (bicyclic) bond motifs is 1. The van der Waals surface area contributed by atoms with Gasteiger partial charge in [0, 0.05) is 76.9 Å². The first-order chi connectivity index (χ1) is 19.8. The molecule has 3 aromatic rings. The maximum absolute atomic E-state index is 13.3. The molecule has 0 spiro atoms. The van der Waals surface area contributed by atoms with Crippen molar-refractivity contribution in [2.45, 2.75) is 32.6 Å². The number of aromatic nitrogens is 3. The summed E-state index contributed by atoms with van der Waals surface area (Å²) >= 11 is 1.61. The maximum Gasteiger partial charge on any atom is 0.236 e. The van der Waals surface area contributed by atoms with E-state index in [2.05, 4.69) is 59.9 Å². The number of carbonyl (C=O) groups excluding carboxylic acids is 2. The van der Waals surface area contributed by atoms with Crippen molar-refractivity contribution in [1.29, 1.82) is 0 Å². The van der Waals surface area contributed by atoms with E-state index in [-0.39, 0.29) is 17.7 Å². The lowest BCUT2D eigenvalue weighted by Crippen LogP contribution is -2.55. The molecule has 0 aliphatic carbocycles. The van der Waals surface area contributed by atoms with Gasteiger partial charge in [0.15, 0.2) is 0 Å². The van der Waals surface area contributed by atoms with E-state index in [4.69, 9.17) is 10.1 Å². The number of imidazole rings is 1. The number of rotatable bonds is 6. The van der Waals surface area contributed by atoms with E-state index in [1.807, 2.05) is 20.5 Å². The molecule has 0 bridgehead atoms. The van der Waals surface area contributed by atoms with Gasteiger partial charge in [-0.3, -0.25) is 14.5 Å². The highest BCUT2D eigenvalue weighted by Gasteiger charge is 2.32. The Morgan fingerprint density at radius 3 is 2.20 bits per heavy atom. The summed E-state index contributed by atoms with van der Waals surface area (Å²) in [6.07, 6.45) is 3.70. The summed E-state index contributed by atoms with van der Waals surface area (Å²) in [5.74, 6) is 1.07. The first-order valence-corrected chi connectivity index (χ1v) is 15.8. The van der Waals surface area contributed by atoms with Gasteiger partial charge in [-0.15, -0.1) is 5.10 Å². The van der Waals surface area contributed by atoms with E-state index in [1.165, 1.54) is 5.56 Å². The zero-order valence-electron chi connectivity index (χ0n) is 24.5. The van der Waals surface area contributed by atoms with Crippen molar-refractivity contribution >= 4 is 33.2 Å². The first-order valence-electron chi connectivity index (χ1n) is 15.0. The minimum atomic E-state index is 0.0641. The molecule has 41 heavy (non-hydrogen) atoms. The number of anilines is 1. The highest BCUT2D eigenvalue weighted by Crippen LogP contribution is 2.31. The van der Waals surface area contributed by atoms with Crippen LogP contribution in [0.2, 0.25) is 0 Å². The fourth-order valence-corrected chi connectivity index (χ4v) is 6.98. The molecule has 3 aliphatic rings. The lowest BCUT2D eigenvalue weighted by Gasteiger charge is -2.39. The minimum Gasteiger partial charge on any atom is -0.347 e. The molecule has 11 heteroatoms. The Hall–Kier alpha value is -3.02. The van der Waals surface area contributed by atoms with E-state index >= 15 is 0 Å². The van der Waals surface area contributed by atoms with Crippen LogP contribution in [0, 0.1) is 5.92 Å². The van der Waals surface area contributed by atoms with E-state index in [1.54, 1.807) is 11.3 Å². The summed E-state index contributed by atoms with van der Waals surface area (Å²) in [4.78, 5) is 42.5. The van der Waals surface area contributed by atoms with Crippen LogP contribution in [0.4, 0.5) is 5.13 Å². The average molecular weight is 579 g/mol. The van der Waals surface area contributed by atoms with E-state index in [9.17, 15) is 9.59 Å². The summed E-state index contributed by atoms with van der Waals surface area (Å²) < 4.78 is 1.89. The van der Waals surface area contributed by atoms with Crippen molar-refractivity contribution in [3.8, 4) is 11.3 Å². The Morgan fingerprint density at radius 2 is 1.56 bits per heavy atom. The van der Waals surface area contributed by atoms with Crippen LogP contribution in [-0.2, 0) is 9.59 Å². The summed E-state index contributed by atoms with van der Waals surface area (Å²) in [6, 6.07) is 8.62. The molecule has 220 valence electrons. The lowest BCUT2D eigenvalue weighted by molar-refractivity contribution is -0.139. The van der Waals surface area contributed by atoms with Crippen LogP contribution in [0.3, 0.4) is 0 Å². The Balaban J connectivity index is 0.969. The molecule has 0 N–H and O–H groups in total. The maximum atomic E-state index is 13.3. The zero-order chi connectivity index (χ0) is 28.5. The molecule has 2 amide bonds. The molecular formula is C30H42N8O2S. The molecule has 2 aromatic heterocycles. The predicted octanol–water partition coefficient (Wildman–Crippen LogP) is 2.72. The molecule has 3 aliphatic heterocycles. The summed E-state index contributed by atoms with van der Waals surface area (Å²) in [7, 11) is 2.10. The van der Waals surface area contributed by atoms with Gasteiger partial charge in [-0.05, 0) is 31.4 Å². The Bertz CT molecular complexity index is 1310. The van der Waals surface area contributed by atoms with Crippen LogP contribution < -0.4 is 4.90 Å². The molecule has 3 saturated heterocycles. The van der Waals surface area contributed by atoms with Crippen molar-refractivity contribution in [2.75, 3.05) is 83.9 Å². The monoisotopic (exact) mass is 578 g/mol. The molecule has 3 fully saturated rings. The molecule has 1 aromatic carbocycles. The molecule has 6 rings (SSSR count). The Morgan fingerprint density at radius 1 is 0.902 bits per heavy atom. The van der Waals surface area contributed by atoms with E-state index in [0.29, 0.717) is 25.6 Å². The second-order valence-corrected chi connectivity index (χ2v) is 13.0. The number of benzene rings is 1. The number of hydrogen-bond acceptors (Lipinski definition) is 8. The second-order valence-electron chi connectivity index (χ2n) is 12.1. The van der Waals surface area contributed by atoms with Gasteiger partial charge in [-0.1, -0.05) is 49.4 Å². The van der Waals surface area contributed by atoms with Gasteiger partial charge in [0.2, 0.25) is 21.9 Å². The number of carbonyl (C=O) groups is 2. The lowest BCUT2D eigenvalue weighted by atomic mass is 9.95. The van der Waals surface area contributed by atoms with Gasteiger partial charge >= 0.3 is 0 Å². The Kier molecular flexibility index (Phi) is 8.28. The summed E-state index contributed by atoms with van der Waals surface area (Å²) in [5.41, 5.74) is 3.38. The number of likely N-dealkylation sites (N-methyl/N-ethyl adjacent to an activating group) is 1. The SMILES string of the molecule is CC(C)c1ccc(-c2cn3nc(N4CCC(C(=O)N5CCN(CC(=O)N6CCN(C)CC6)CC5)CC4)sc3n2)cc1. The number of amides is 2. The van der Waals surface area contributed by atoms with Crippen LogP contribution in [-0.4, -0.2) is 125 Å². The predicted molar refractivity (Wildman–Crippen MR) is 162 cm³/mol. The van der Waals surface area contributed by atoms with Crippen molar-refractivity contribution < 1.29 is 9.59 Å². The third-order valence-corrected chi connectivity index (χ3v) is 9.90. The fourth-order valence-electron chi connectivity index (χ4n) is 6.04. The molecule has 0 atom stereocenters. The molecule has 0 saturated carbocycles. The second kappa shape index (κ2) is 12.1. The smallest absolute Gasteiger partial charge is 0.236 e. The molecule has 0 unspecified atom stereocenters. The molecular weight excluding hydrogens is 536 g/mol. The largest absolute Gasteiger partial charge is 0.347 e. The van der Waals surface area contributed by atoms with Gasteiger partial charge in [0.1, 0.15) is 0 Å². The van der Waals surface area contributed by atoms with Gasteiger partial charge in [-0.25, -0.2) is 9.50 Å². The Labute approximate surface area is 246 Å². The van der Waals surface area contributed by atoms with Crippen molar-refractivity contribution in [3.63, 3.8) is 0 Å². The third-order valence-electron chi connectivity index (χ3n) is 8.92. The van der Waals surface area contributed by atoms with Crippen LogP contribution in [0.1, 0.15) is 38.2 Å². The number of hydrogen-bond donors (Lipinski definition) is 0. The quantitative estimate of drug-likeness (QED) is 0.445. The summed E-state index contributed by atoms with van der Waals surface area (Å²) in [6.45, 7) is 13.0. The van der Waals surface area contributed by atoms with Gasteiger partial charge < -0.3 is 19.6 Å². The van der Waals surface area contributed by atoms with Gasteiger partial charge in [0.05, 0.1) is 18.4 Å². The number of piperidine rings is 1. The van der Waals surface area contributed by atoms with Crippen molar-refractivity contribution in [3.05, 3.63) is 36.0 Å². The van der Waals surface area contributed by atoms with Crippen LogP contribution in [0.5, 0.6) is 0 Å². The van der Waals surface area contributed by atoms with Crippen LogP contribution in [0.25, 0.3) is 16.2 Å². The third kappa shape index (κ3) is 6.27. The average Bonchev–Trinajstić information content (AvgIpc) is 3.58. The van der Waals surface area contributed by atoms with Crippen molar-refractivity contribution in [1.82, 2.24) is 34.2 Å². The van der Waals surface area contributed by atoms with Gasteiger partial charge in [0.25, 0.3) is 0 Å². The number of nitrogens with zero attached hydrogens (tertiary/aromatic N) is 8. The normalized spacial score (nSPS) is 20.0. The van der Waals surface area contributed by atoms with Crippen LogP contribution in [0.15, 0.2) is 30.5 Å². The summed E-state index contributed by atoms with van der Waals surface area (Å²) in [5, 5.41) is 5.79. The standard InChI is InChI=1S/C30H42N8O2S/c1-22(2)23-4-6-24(7-5-23)26-20-38-29(31-26)41-30(32-38)37-10-8-25(9-11-37)28(40)36-18-14-34(15-19-36)21-27(39)35-16-12-33(3)13-17-35/h4-7,20,22,25H,8-19,21H2,1-3H3. The van der Waals surface area contributed by atoms with Crippen molar-refractivity contribution in [2.24, 2.45) is 5.92 Å². The molecule has 10 nitrogen and oxygen atoms in total. The topological polar surface area (TPSA) is 80.5 Å². The highest BCUT2D eigenvalue weighted by molar-refractivity contribution is 7.20. The van der Waals surface area contributed by atoms with Gasteiger partial charge in [-0.2, -0.15) is 0 Å².